The number of nitrogens with zero attached hydrogens (tertiary/aromatic N) is 2. The molecule has 1 aromatic carbocycles. The van der Waals surface area contributed by atoms with E-state index >= 15 is 0 Å². The normalized spacial score (nSPS) is 14.9. The summed E-state index contributed by atoms with van der Waals surface area (Å²) in [6.07, 6.45) is 3.44. The van der Waals surface area contributed by atoms with E-state index in [0.29, 0.717) is 18.3 Å². The van der Waals surface area contributed by atoms with E-state index < -0.39 is 0 Å². The highest BCUT2D eigenvalue weighted by atomic mass is 35.5. The Morgan fingerprint density at radius 3 is 3.10 bits per heavy atom. The van der Waals surface area contributed by atoms with Crippen molar-refractivity contribution in [1.29, 1.82) is 0 Å². The molecule has 0 N–H and O–H groups in total. The van der Waals surface area contributed by atoms with Gasteiger partial charge in [-0.2, -0.15) is 0 Å². The Balaban J connectivity index is 1.69. The van der Waals surface area contributed by atoms with Crippen LogP contribution in [-0.2, 0) is 13.1 Å². The maximum absolute atomic E-state index is 6.35. The van der Waals surface area contributed by atoms with Crippen molar-refractivity contribution < 1.29 is 9.15 Å². The highest BCUT2D eigenvalue weighted by Crippen LogP contribution is 2.36. The monoisotopic (exact) mass is 300 g/mol. The fourth-order valence-electron chi connectivity index (χ4n) is 2.67. The average Bonchev–Trinajstić information content (AvgIpc) is 3.00. The van der Waals surface area contributed by atoms with Gasteiger partial charge in [-0.3, -0.25) is 9.88 Å². The summed E-state index contributed by atoms with van der Waals surface area (Å²) in [6, 6.07) is 9.66. The zero-order chi connectivity index (χ0) is 14.2. The number of halogens is 1. The molecule has 0 spiro atoms. The Morgan fingerprint density at radius 2 is 2.24 bits per heavy atom. The van der Waals surface area contributed by atoms with Gasteiger partial charge in [-0.1, -0.05) is 11.6 Å². The lowest BCUT2D eigenvalue weighted by atomic mass is 10.1. The maximum atomic E-state index is 6.35. The number of hydrogen-bond donors (Lipinski definition) is 0. The molecule has 0 saturated carbocycles. The molecule has 0 bridgehead atoms. The molecule has 0 saturated heterocycles. The number of pyridine rings is 1. The number of ether oxygens (including phenoxy) is 1. The minimum atomic E-state index is 0.515. The number of furan rings is 1. The molecule has 0 atom stereocenters. The maximum Gasteiger partial charge on any atom is 0.152 e. The summed E-state index contributed by atoms with van der Waals surface area (Å²) < 4.78 is 11.3. The Kier molecular flexibility index (Phi) is 3.05. The zero-order valence-electron chi connectivity index (χ0n) is 11.3. The van der Waals surface area contributed by atoms with Gasteiger partial charge in [-0.25, -0.2) is 0 Å². The number of rotatable bonds is 2. The van der Waals surface area contributed by atoms with Crippen molar-refractivity contribution in [3.05, 3.63) is 59.1 Å². The van der Waals surface area contributed by atoms with Gasteiger partial charge in [-0.05, 0) is 30.3 Å². The summed E-state index contributed by atoms with van der Waals surface area (Å²) in [5.74, 6) is 1.76. The summed E-state index contributed by atoms with van der Waals surface area (Å²) in [7, 11) is 0. The van der Waals surface area contributed by atoms with Gasteiger partial charge in [0, 0.05) is 23.7 Å². The third kappa shape index (κ3) is 2.26. The van der Waals surface area contributed by atoms with Crippen LogP contribution >= 0.6 is 11.6 Å². The summed E-state index contributed by atoms with van der Waals surface area (Å²) in [5.41, 5.74) is 1.89. The number of aromatic nitrogens is 1. The molecule has 0 aliphatic carbocycles. The van der Waals surface area contributed by atoms with Crippen LogP contribution in [-0.4, -0.2) is 16.6 Å². The highest BCUT2D eigenvalue weighted by Gasteiger charge is 2.22. The largest absolute Gasteiger partial charge is 0.475 e. The van der Waals surface area contributed by atoms with E-state index in [4.69, 9.17) is 20.8 Å². The second kappa shape index (κ2) is 5.06. The number of hydrogen-bond acceptors (Lipinski definition) is 4. The van der Waals surface area contributed by atoms with E-state index in [-0.39, 0.29) is 0 Å². The quantitative estimate of drug-likeness (QED) is 0.721. The molecule has 0 fully saturated rings. The van der Waals surface area contributed by atoms with Crippen LogP contribution in [0, 0.1) is 0 Å². The molecular weight excluding hydrogens is 288 g/mol. The second-order valence-electron chi connectivity index (χ2n) is 5.09. The predicted octanol–water partition coefficient (Wildman–Crippen LogP) is 3.83. The van der Waals surface area contributed by atoms with Gasteiger partial charge in [0.15, 0.2) is 5.75 Å². The van der Waals surface area contributed by atoms with Crippen LogP contribution in [0.25, 0.3) is 10.9 Å². The van der Waals surface area contributed by atoms with Crippen molar-refractivity contribution in [1.82, 2.24) is 9.88 Å². The zero-order valence-corrected chi connectivity index (χ0v) is 12.0. The Bertz CT molecular complexity index is 786. The molecule has 106 valence electrons. The first kappa shape index (κ1) is 12.7. The van der Waals surface area contributed by atoms with Crippen molar-refractivity contribution in [2.24, 2.45) is 0 Å². The Hall–Kier alpha value is -2.04. The molecule has 2 aromatic heterocycles. The van der Waals surface area contributed by atoms with Gasteiger partial charge in [-0.15, -0.1) is 0 Å². The summed E-state index contributed by atoms with van der Waals surface area (Å²) >= 11 is 6.35. The van der Waals surface area contributed by atoms with Crippen LogP contribution in [0.5, 0.6) is 5.75 Å². The molecule has 4 rings (SSSR count). The first-order valence-corrected chi connectivity index (χ1v) is 7.13. The van der Waals surface area contributed by atoms with E-state index in [1.165, 1.54) is 0 Å². The molecule has 3 heterocycles. The summed E-state index contributed by atoms with van der Waals surface area (Å²) in [5, 5.41) is 1.64. The fourth-order valence-corrected chi connectivity index (χ4v) is 2.96. The molecule has 0 amide bonds. The molecular formula is C16H13ClN2O2. The lowest BCUT2D eigenvalue weighted by molar-refractivity contribution is 0.0837. The van der Waals surface area contributed by atoms with Gasteiger partial charge in [0.2, 0.25) is 0 Å². The molecule has 0 radical (unpaired) electrons. The molecule has 3 aromatic rings. The molecule has 0 unspecified atom stereocenters. The van der Waals surface area contributed by atoms with Crippen LogP contribution in [0.1, 0.15) is 11.3 Å². The van der Waals surface area contributed by atoms with Crippen molar-refractivity contribution in [3.63, 3.8) is 0 Å². The van der Waals surface area contributed by atoms with Gasteiger partial charge in [0.05, 0.1) is 17.8 Å². The van der Waals surface area contributed by atoms with Crippen LogP contribution in [0.3, 0.4) is 0 Å². The van der Waals surface area contributed by atoms with Crippen LogP contribution in [0.4, 0.5) is 0 Å². The second-order valence-corrected chi connectivity index (χ2v) is 5.49. The van der Waals surface area contributed by atoms with E-state index in [2.05, 4.69) is 9.88 Å². The lowest BCUT2D eigenvalue weighted by Gasteiger charge is -2.29. The smallest absolute Gasteiger partial charge is 0.152 e. The predicted molar refractivity (Wildman–Crippen MR) is 80.2 cm³/mol. The van der Waals surface area contributed by atoms with E-state index in [0.717, 1.165) is 34.5 Å². The lowest BCUT2D eigenvalue weighted by Crippen LogP contribution is -2.31. The third-order valence-corrected chi connectivity index (χ3v) is 3.93. The van der Waals surface area contributed by atoms with Crippen LogP contribution in [0.15, 0.2) is 47.2 Å². The molecule has 4 nitrogen and oxygen atoms in total. The third-order valence-electron chi connectivity index (χ3n) is 3.62. The first-order valence-electron chi connectivity index (χ1n) is 6.75. The van der Waals surface area contributed by atoms with Crippen molar-refractivity contribution in [3.8, 4) is 5.75 Å². The minimum Gasteiger partial charge on any atom is -0.475 e. The first-order chi connectivity index (χ1) is 10.3. The van der Waals surface area contributed by atoms with Crippen molar-refractivity contribution >= 4 is 22.5 Å². The fraction of sp³-hybridized carbons (Fsp3) is 0.188. The number of fused-ring (bicyclic) bond motifs is 3. The van der Waals surface area contributed by atoms with E-state index in [9.17, 15) is 0 Å². The van der Waals surface area contributed by atoms with E-state index in [1.807, 2.05) is 30.3 Å². The standard InChI is InChI=1S/C16H13ClN2O2/c17-14-7-11-8-19(9-12-3-2-6-20-12)10-21-16(11)15-13(14)4-1-5-18-15/h1-7H,8-10H2. The average molecular weight is 301 g/mol. The highest BCUT2D eigenvalue weighted by molar-refractivity contribution is 6.35. The van der Waals surface area contributed by atoms with E-state index in [1.54, 1.807) is 12.5 Å². The Labute approximate surface area is 126 Å². The molecule has 5 heteroatoms. The van der Waals surface area contributed by atoms with Crippen molar-refractivity contribution in [2.45, 2.75) is 13.1 Å². The topological polar surface area (TPSA) is 38.5 Å². The van der Waals surface area contributed by atoms with Gasteiger partial charge >= 0.3 is 0 Å². The van der Waals surface area contributed by atoms with Gasteiger partial charge < -0.3 is 9.15 Å². The number of benzene rings is 1. The molecule has 1 aliphatic rings. The SMILES string of the molecule is Clc1cc2c(c3ncccc13)OCN(Cc1ccco1)C2. The minimum absolute atomic E-state index is 0.515. The van der Waals surface area contributed by atoms with Gasteiger partial charge in [0.25, 0.3) is 0 Å². The Morgan fingerprint density at radius 1 is 1.29 bits per heavy atom. The summed E-state index contributed by atoms with van der Waals surface area (Å²) in [4.78, 5) is 6.57. The van der Waals surface area contributed by atoms with Gasteiger partial charge in [0.1, 0.15) is 18.0 Å². The summed E-state index contributed by atoms with van der Waals surface area (Å²) in [6.45, 7) is 1.99. The molecule has 1 aliphatic heterocycles. The van der Waals surface area contributed by atoms with Crippen molar-refractivity contribution in [2.75, 3.05) is 6.73 Å². The molecule has 21 heavy (non-hydrogen) atoms. The van der Waals surface area contributed by atoms with Crippen LogP contribution in [0.2, 0.25) is 5.02 Å². The van der Waals surface area contributed by atoms with Crippen LogP contribution < -0.4 is 4.74 Å².